The Labute approximate surface area is 158 Å². The highest BCUT2D eigenvalue weighted by atomic mass is 35.5. The molecule has 1 aliphatic rings. The van der Waals surface area contributed by atoms with Crippen LogP contribution in [0, 0.1) is 0 Å². The highest BCUT2D eigenvalue weighted by Crippen LogP contribution is 2.49. The SMILES string of the molecule is COc1c(Cl)c2c(c(Cl)c1OC)C(Cc1ccccc1)NCC2.Cl. The molecule has 1 aliphatic heterocycles. The van der Waals surface area contributed by atoms with Crippen molar-refractivity contribution in [2.45, 2.75) is 18.9 Å². The van der Waals surface area contributed by atoms with E-state index in [1.807, 2.05) is 18.2 Å². The molecule has 1 atom stereocenters. The van der Waals surface area contributed by atoms with Crippen molar-refractivity contribution in [1.29, 1.82) is 0 Å². The van der Waals surface area contributed by atoms with Crippen LogP contribution in [0.25, 0.3) is 0 Å². The highest BCUT2D eigenvalue weighted by molar-refractivity contribution is 6.37. The van der Waals surface area contributed by atoms with E-state index in [2.05, 4.69) is 17.4 Å². The molecular formula is C18H20Cl3NO2. The zero-order valence-electron chi connectivity index (χ0n) is 13.6. The first-order chi connectivity index (χ1) is 11.2. The molecule has 130 valence electrons. The van der Waals surface area contributed by atoms with Gasteiger partial charge in [-0.1, -0.05) is 53.5 Å². The minimum atomic E-state index is 0. The Morgan fingerprint density at radius 3 is 2.29 bits per heavy atom. The fourth-order valence-electron chi connectivity index (χ4n) is 3.18. The molecule has 0 saturated carbocycles. The molecule has 1 unspecified atom stereocenters. The predicted octanol–water partition coefficient (Wildman–Crippen LogP) is 4.86. The van der Waals surface area contributed by atoms with Gasteiger partial charge in [0, 0.05) is 6.04 Å². The van der Waals surface area contributed by atoms with Gasteiger partial charge in [0.2, 0.25) is 0 Å². The van der Waals surface area contributed by atoms with Crippen LogP contribution in [-0.2, 0) is 12.8 Å². The van der Waals surface area contributed by atoms with Crippen LogP contribution in [-0.4, -0.2) is 20.8 Å². The molecule has 24 heavy (non-hydrogen) atoms. The van der Waals surface area contributed by atoms with Gasteiger partial charge in [-0.2, -0.15) is 0 Å². The van der Waals surface area contributed by atoms with Crippen LogP contribution in [0.5, 0.6) is 11.5 Å². The second kappa shape index (κ2) is 8.30. The third-order valence-corrected chi connectivity index (χ3v) is 5.01. The number of methoxy groups -OCH3 is 2. The van der Waals surface area contributed by atoms with Crippen molar-refractivity contribution in [3.05, 3.63) is 57.1 Å². The molecule has 0 amide bonds. The summed E-state index contributed by atoms with van der Waals surface area (Å²) in [7, 11) is 3.16. The molecule has 0 saturated heterocycles. The standard InChI is InChI=1S/C18H19Cl2NO2.ClH/c1-22-17-15(19)12-8-9-21-13(10-11-6-4-3-5-7-11)14(12)16(20)18(17)23-2;/h3-7,13,21H,8-10H2,1-2H3;1H. The lowest BCUT2D eigenvalue weighted by atomic mass is 9.89. The molecule has 1 heterocycles. The normalized spacial score (nSPS) is 16.1. The molecule has 2 aromatic carbocycles. The summed E-state index contributed by atoms with van der Waals surface area (Å²) < 4.78 is 10.8. The molecule has 0 spiro atoms. The summed E-state index contributed by atoms with van der Waals surface area (Å²) in [6, 6.07) is 10.4. The van der Waals surface area contributed by atoms with Crippen molar-refractivity contribution >= 4 is 35.6 Å². The molecule has 2 aromatic rings. The average molecular weight is 389 g/mol. The van der Waals surface area contributed by atoms with Crippen molar-refractivity contribution in [3.8, 4) is 11.5 Å². The molecule has 6 heteroatoms. The van der Waals surface area contributed by atoms with E-state index in [9.17, 15) is 0 Å². The smallest absolute Gasteiger partial charge is 0.181 e. The van der Waals surface area contributed by atoms with E-state index in [1.165, 1.54) is 5.56 Å². The van der Waals surface area contributed by atoms with Gasteiger partial charge in [0.15, 0.2) is 11.5 Å². The first kappa shape index (κ1) is 19.2. The summed E-state index contributed by atoms with van der Waals surface area (Å²) in [6.45, 7) is 0.857. The number of rotatable bonds is 4. The van der Waals surface area contributed by atoms with Crippen molar-refractivity contribution in [1.82, 2.24) is 5.32 Å². The van der Waals surface area contributed by atoms with Gasteiger partial charge in [-0.25, -0.2) is 0 Å². The number of hydrogen-bond acceptors (Lipinski definition) is 3. The number of nitrogens with one attached hydrogen (secondary N) is 1. The Hall–Kier alpha value is -1.13. The van der Waals surface area contributed by atoms with E-state index in [1.54, 1.807) is 14.2 Å². The van der Waals surface area contributed by atoms with Crippen LogP contribution >= 0.6 is 35.6 Å². The van der Waals surface area contributed by atoms with Gasteiger partial charge in [0.25, 0.3) is 0 Å². The van der Waals surface area contributed by atoms with Gasteiger partial charge in [0.1, 0.15) is 0 Å². The quantitative estimate of drug-likeness (QED) is 0.811. The molecule has 3 nitrogen and oxygen atoms in total. The zero-order chi connectivity index (χ0) is 16.4. The van der Waals surface area contributed by atoms with Gasteiger partial charge in [-0.05, 0) is 36.1 Å². The number of ether oxygens (including phenoxy) is 2. The van der Waals surface area contributed by atoms with Crippen LogP contribution in [0.15, 0.2) is 30.3 Å². The molecule has 0 aromatic heterocycles. The van der Waals surface area contributed by atoms with E-state index >= 15 is 0 Å². The van der Waals surface area contributed by atoms with Gasteiger partial charge in [-0.15, -0.1) is 12.4 Å². The Morgan fingerprint density at radius 2 is 1.67 bits per heavy atom. The number of halogens is 3. The second-order valence-electron chi connectivity index (χ2n) is 5.53. The van der Waals surface area contributed by atoms with Crippen LogP contribution in [0.1, 0.15) is 22.7 Å². The maximum atomic E-state index is 6.64. The van der Waals surface area contributed by atoms with Gasteiger partial charge in [-0.3, -0.25) is 0 Å². The molecular weight excluding hydrogens is 369 g/mol. The summed E-state index contributed by atoms with van der Waals surface area (Å²) in [5, 5.41) is 4.72. The Balaban J connectivity index is 0.00000208. The maximum absolute atomic E-state index is 6.64. The zero-order valence-corrected chi connectivity index (χ0v) is 15.9. The molecule has 1 N–H and O–H groups in total. The summed E-state index contributed by atoms with van der Waals surface area (Å²) in [5.74, 6) is 1.01. The molecule has 0 radical (unpaired) electrons. The van der Waals surface area contributed by atoms with E-state index in [0.29, 0.717) is 21.5 Å². The topological polar surface area (TPSA) is 30.5 Å². The minimum Gasteiger partial charge on any atom is -0.491 e. The molecule has 0 aliphatic carbocycles. The fourth-order valence-corrected chi connectivity index (χ4v) is 3.95. The summed E-state index contributed by atoms with van der Waals surface area (Å²) in [4.78, 5) is 0. The van der Waals surface area contributed by atoms with Crippen LogP contribution in [0.4, 0.5) is 0 Å². The van der Waals surface area contributed by atoms with Crippen LogP contribution in [0.2, 0.25) is 10.0 Å². The summed E-state index contributed by atoms with van der Waals surface area (Å²) >= 11 is 13.2. The predicted molar refractivity (Wildman–Crippen MR) is 101 cm³/mol. The lowest BCUT2D eigenvalue weighted by Gasteiger charge is -2.30. The van der Waals surface area contributed by atoms with E-state index in [0.717, 1.165) is 30.5 Å². The lowest BCUT2D eigenvalue weighted by molar-refractivity contribution is 0.352. The second-order valence-corrected chi connectivity index (χ2v) is 6.29. The average Bonchev–Trinajstić information content (AvgIpc) is 2.58. The fraction of sp³-hybridized carbons (Fsp3) is 0.333. The number of hydrogen-bond donors (Lipinski definition) is 1. The summed E-state index contributed by atoms with van der Waals surface area (Å²) in [6.07, 6.45) is 1.67. The van der Waals surface area contributed by atoms with E-state index < -0.39 is 0 Å². The van der Waals surface area contributed by atoms with Crippen molar-refractivity contribution in [3.63, 3.8) is 0 Å². The van der Waals surface area contributed by atoms with E-state index in [-0.39, 0.29) is 18.4 Å². The summed E-state index contributed by atoms with van der Waals surface area (Å²) in [5.41, 5.74) is 3.32. The first-order valence-corrected chi connectivity index (χ1v) is 8.32. The van der Waals surface area contributed by atoms with Gasteiger partial charge >= 0.3 is 0 Å². The molecule has 3 rings (SSSR count). The number of benzene rings is 2. The van der Waals surface area contributed by atoms with Crippen LogP contribution < -0.4 is 14.8 Å². The lowest BCUT2D eigenvalue weighted by Crippen LogP contribution is -2.32. The van der Waals surface area contributed by atoms with Crippen LogP contribution in [0.3, 0.4) is 0 Å². The third-order valence-electron chi connectivity index (χ3n) is 4.24. The van der Waals surface area contributed by atoms with Crippen molar-refractivity contribution < 1.29 is 9.47 Å². The molecule has 0 fully saturated rings. The van der Waals surface area contributed by atoms with Gasteiger partial charge in [0.05, 0.1) is 24.3 Å². The Kier molecular flexibility index (Phi) is 6.64. The number of fused-ring (bicyclic) bond motifs is 1. The van der Waals surface area contributed by atoms with E-state index in [4.69, 9.17) is 32.7 Å². The Morgan fingerprint density at radius 1 is 1.04 bits per heavy atom. The Bertz CT molecular complexity index is 707. The third kappa shape index (κ3) is 3.45. The minimum absolute atomic E-state index is 0. The maximum Gasteiger partial charge on any atom is 0.181 e. The highest BCUT2D eigenvalue weighted by Gasteiger charge is 2.30. The first-order valence-electron chi connectivity index (χ1n) is 7.56. The monoisotopic (exact) mass is 387 g/mol. The van der Waals surface area contributed by atoms with Crippen molar-refractivity contribution in [2.24, 2.45) is 0 Å². The van der Waals surface area contributed by atoms with Gasteiger partial charge < -0.3 is 14.8 Å². The molecule has 0 bridgehead atoms. The van der Waals surface area contributed by atoms with Crippen molar-refractivity contribution in [2.75, 3.05) is 20.8 Å². The largest absolute Gasteiger partial charge is 0.491 e.